The van der Waals surface area contributed by atoms with Crippen molar-refractivity contribution in [1.82, 2.24) is 15.2 Å². The number of pyridine rings is 1. The molecular weight excluding hydrogens is 638 g/mol. The zero-order valence-electron chi connectivity index (χ0n) is 26.2. The molecule has 0 saturated carbocycles. The summed E-state index contributed by atoms with van der Waals surface area (Å²) >= 11 is 6.18. The lowest BCUT2D eigenvalue weighted by molar-refractivity contribution is -0.125. The number of para-hydroxylation sites is 2. The third-order valence-electron chi connectivity index (χ3n) is 8.93. The molecule has 2 aliphatic rings. The Hall–Kier alpha value is -4.48. The van der Waals surface area contributed by atoms with Crippen LogP contribution in [0.4, 0.5) is 11.4 Å². The Morgan fingerprint density at radius 1 is 0.979 bits per heavy atom. The first-order valence-corrected chi connectivity index (χ1v) is 17.5. The van der Waals surface area contributed by atoms with Crippen molar-refractivity contribution in [3.05, 3.63) is 94.8 Å². The number of sulfonamides is 1. The summed E-state index contributed by atoms with van der Waals surface area (Å²) in [5, 5.41) is 8.03. The van der Waals surface area contributed by atoms with Gasteiger partial charge in [0.15, 0.2) is 0 Å². The van der Waals surface area contributed by atoms with E-state index in [-0.39, 0.29) is 17.2 Å². The lowest BCUT2D eigenvalue weighted by Crippen LogP contribution is -2.53. The predicted molar refractivity (Wildman–Crippen MR) is 182 cm³/mol. The maximum absolute atomic E-state index is 14.2. The van der Waals surface area contributed by atoms with Gasteiger partial charge in [-0.3, -0.25) is 23.7 Å². The first-order valence-electron chi connectivity index (χ1n) is 15.6. The number of carbonyl (C=O) groups is 3. The second-order valence-electron chi connectivity index (χ2n) is 12.2. The molecule has 47 heavy (non-hydrogen) atoms. The van der Waals surface area contributed by atoms with Crippen molar-refractivity contribution in [3.8, 4) is 0 Å². The zero-order chi connectivity index (χ0) is 33.3. The fourth-order valence-corrected chi connectivity index (χ4v) is 8.97. The second-order valence-corrected chi connectivity index (χ2v) is 14.4. The number of carbonyl (C=O) groups excluding carboxylic acids is 3. The van der Waals surface area contributed by atoms with Crippen LogP contribution >= 0.6 is 11.6 Å². The van der Waals surface area contributed by atoms with Crippen LogP contribution in [0.25, 0.3) is 10.8 Å². The highest BCUT2D eigenvalue weighted by Crippen LogP contribution is 2.39. The molecule has 0 radical (unpaired) electrons. The van der Waals surface area contributed by atoms with Gasteiger partial charge in [0.25, 0.3) is 15.9 Å². The van der Waals surface area contributed by atoms with Gasteiger partial charge in [-0.05, 0) is 85.9 Å². The molecule has 3 amide bonds. The van der Waals surface area contributed by atoms with E-state index in [1.807, 2.05) is 35.2 Å². The number of hydrogen-bond donors (Lipinski definition) is 2. The maximum Gasteiger partial charge on any atom is 0.272 e. The minimum absolute atomic E-state index is 0.0537. The number of anilines is 2. The van der Waals surface area contributed by atoms with Gasteiger partial charge in [-0.25, -0.2) is 8.42 Å². The van der Waals surface area contributed by atoms with Crippen LogP contribution in [-0.2, 0) is 19.6 Å². The second kappa shape index (κ2) is 13.3. The zero-order valence-corrected chi connectivity index (χ0v) is 27.8. The molecule has 3 aromatic carbocycles. The van der Waals surface area contributed by atoms with Gasteiger partial charge in [0, 0.05) is 36.2 Å². The minimum Gasteiger partial charge on any atom is -0.356 e. The molecule has 10 nitrogen and oxygen atoms in total. The van der Waals surface area contributed by atoms with Crippen molar-refractivity contribution < 1.29 is 22.8 Å². The molecule has 1 atom stereocenters. The number of hydrogen-bond acceptors (Lipinski definition) is 6. The molecule has 1 unspecified atom stereocenters. The molecule has 3 heterocycles. The largest absolute Gasteiger partial charge is 0.356 e. The van der Waals surface area contributed by atoms with Crippen LogP contribution in [0.5, 0.6) is 0 Å². The van der Waals surface area contributed by atoms with Crippen LogP contribution in [0, 0.1) is 19.8 Å². The molecule has 2 N–H and O–H groups in total. The van der Waals surface area contributed by atoms with E-state index in [2.05, 4.69) is 15.6 Å². The highest BCUT2D eigenvalue weighted by atomic mass is 35.5. The quantitative estimate of drug-likeness (QED) is 0.255. The van der Waals surface area contributed by atoms with E-state index >= 15 is 0 Å². The Kier molecular flexibility index (Phi) is 9.20. The van der Waals surface area contributed by atoms with Gasteiger partial charge in [0.05, 0.1) is 22.7 Å². The van der Waals surface area contributed by atoms with Gasteiger partial charge in [0.1, 0.15) is 11.7 Å². The minimum atomic E-state index is -4.27. The third-order valence-corrected chi connectivity index (χ3v) is 11.3. The number of piperidine rings is 1. The van der Waals surface area contributed by atoms with Crippen LogP contribution in [0.15, 0.2) is 77.8 Å². The fourth-order valence-electron chi connectivity index (χ4n) is 6.59. The van der Waals surface area contributed by atoms with Crippen LogP contribution in [0.1, 0.15) is 47.3 Å². The third kappa shape index (κ3) is 6.68. The molecule has 244 valence electrons. The first kappa shape index (κ1) is 32.5. The van der Waals surface area contributed by atoms with Crippen molar-refractivity contribution in [2.75, 3.05) is 29.3 Å². The summed E-state index contributed by atoms with van der Waals surface area (Å²) in [5.74, 6) is -0.784. The average Bonchev–Trinajstić information content (AvgIpc) is 3.04. The number of nitrogens with zero attached hydrogens (tertiary/aromatic N) is 3. The maximum atomic E-state index is 14.2. The number of aromatic nitrogens is 1. The van der Waals surface area contributed by atoms with E-state index in [0.29, 0.717) is 65.2 Å². The number of benzene rings is 3. The van der Waals surface area contributed by atoms with Gasteiger partial charge in [-0.15, -0.1) is 0 Å². The smallest absolute Gasteiger partial charge is 0.272 e. The molecule has 1 saturated heterocycles. The molecule has 0 bridgehead atoms. The van der Waals surface area contributed by atoms with Gasteiger partial charge >= 0.3 is 0 Å². The molecule has 12 heteroatoms. The lowest BCUT2D eigenvalue weighted by atomic mass is 9.93. The number of halogens is 1. The standard InChI is InChI=1S/C35H36ClN5O5S/c1-22-17-27(36)18-23(2)33(22)47(45,46)41-30-10-6-5-9-28(30)39-34(43)31(41)20-32(42)37-14-11-24-12-15-40(16-13-24)35(44)29-19-25-7-3-4-8-26(25)21-38-29/h3-10,17-19,21,24,31H,11-16,20H2,1-2H3,(H,37,42)(H,39,43). The summed E-state index contributed by atoms with van der Waals surface area (Å²) in [6, 6.07) is 18.1. The van der Waals surface area contributed by atoms with Crippen molar-refractivity contribution in [1.29, 1.82) is 0 Å². The van der Waals surface area contributed by atoms with Gasteiger partial charge < -0.3 is 15.5 Å². The molecule has 1 aromatic heterocycles. The Labute approximate surface area is 279 Å². The number of likely N-dealkylation sites (tertiary alicyclic amines) is 1. The number of fused-ring (bicyclic) bond motifs is 2. The van der Waals surface area contributed by atoms with Crippen LogP contribution in [0.3, 0.4) is 0 Å². The normalized spacial score (nSPS) is 16.9. The Morgan fingerprint density at radius 3 is 2.36 bits per heavy atom. The molecule has 0 spiro atoms. The monoisotopic (exact) mass is 673 g/mol. The summed E-state index contributed by atoms with van der Waals surface area (Å²) in [7, 11) is -4.27. The highest BCUT2D eigenvalue weighted by molar-refractivity contribution is 7.93. The topological polar surface area (TPSA) is 129 Å². The van der Waals surface area contributed by atoms with Crippen LogP contribution in [0.2, 0.25) is 5.02 Å². The molecule has 1 fully saturated rings. The summed E-state index contributed by atoms with van der Waals surface area (Å²) < 4.78 is 29.5. The molecule has 2 aliphatic heterocycles. The van der Waals surface area contributed by atoms with Gasteiger partial charge in [-0.1, -0.05) is 48.0 Å². The molecule has 4 aromatic rings. The van der Waals surface area contributed by atoms with Crippen molar-refractivity contribution in [2.24, 2.45) is 5.92 Å². The Bertz CT molecular complexity index is 1950. The number of aryl methyl sites for hydroxylation is 2. The summed E-state index contributed by atoms with van der Waals surface area (Å²) in [6.45, 7) is 4.89. The van der Waals surface area contributed by atoms with E-state index in [0.717, 1.165) is 27.9 Å². The van der Waals surface area contributed by atoms with Crippen molar-refractivity contribution in [2.45, 2.75) is 50.5 Å². The Balaban J connectivity index is 1.08. The van der Waals surface area contributed by atoms with E-state index in [9.17, 15) is 22.8 Å². The summed E-state index contributed by atoms with van der Waals surface area (Å²) in [6.07, 6.45) is 3.66. The van der Waals surface area contributed by atoms with Crippen LogP contribution < -0.4 is 14.9 Å². The molecular formula is C35H36ClN5O5S. The highest BCUT2D eigenvalue weighted by Gasteiger charge is 2.43. The van der Waals surface area contributed by atoms with Gasteiger partial charge in [-0.2, -0.15) is 0 Å². The van der Waals surface area contributed by atoms with Crippen LogP contribution in [-0.4, -0.2) is 61.7 Å². The predicted octanol–water partition coefficient (Wildman–Crippen LogP) is 5.47. The van der Waals surface area contributed by atoms with Crippen molar-refractivity contribution in [3.63, 3.8) is 0 Å². The number of nitrogens with one attached hydrogen (secondary N) is 2. The Morgan fingerprint density at radius 2 is 1.64 bits per heavy atom. The average molecular weight is 674 g/mol. The SMILES string of the molecule is Cc1cc(Cl)cc(C)c1S(=O)(=O)N1c2ccccc2NC(=O)C1CC(=O)NCCC1CCN(C(=O)c2cc3ccccc3cn2)CC1. The summed E-state index contributed by atoms with van der Waals surface area (Å²) in [5.41, 5.74) is 1.97. The van der Waals surface area contributed by atoms with Gasteiger partial charge in [0.2, 0.25) is 11.8 Å². The van der Waals surface area contributed by atoms with E-state index in [4.69, 9.17) is 11.6 Å². The molecule has 6 rings (SSSR count). The number of rotatable bonds is 8. The van der Waals surface area contributed by atoms with E-state index < -0.39 is 27.9 Å². The van der Waals surface area contributed by atoms with Crippen molar-refractivity contribution >= 4 is 61.5 Å². The first-order chi connectivity index (χ1) is 22.5. The van der Waals surface area contributed by atoms with E-state index in [1.54, 1.807) is 56.4 Å². The van der Waals surface area contributed by atoms with E-state index in [1.165, 1.54) is 0 Å². The fraction of sp³-hybridized carbons (Fsp3) is 0.314. The molecule has 0 aliphatic carbocycles. The lowest BCUT2D eigenvalue weighted by Gasteiger charge is -2.37. The number of amides is 3. The summed E-state index contributed by atoms with van der Waals surface area (Å²) in [4.78, 5) is 45.9.